The molecule has 0 saturated heterocycles. The largest absolute Gasteiger partial charge is 0.508 e. The van der Waals surface area contributed by atoms with Gasteiger partial charge in [0.15, 0.2) is 0 Å². The highest BCUT2D eigenvalue weighted by Gasteiger charge is 2.31. The van der Waals surface area contributed by atoms with Crippen molar-refractivity contribution in [3.8, 4) is 5.75 Å². The zero-order valence-corrected chi connectivity index (χ0v) is 22.8. The molecule has 9 N–H and O–H groups in total. The van der Waals surface area contributed by atoms with E-state index in [0.717, 1.165) is 0 Å². The van der Waals surface area contributed by atoms with E-state index >= 15 is 0 Å². The Morgan fingerprint density at radius 3 is 1.97 bits per heavy atom. The molecule has 0 radical (unpaired) electrons. The Kier molecular flexibility index (Phi) is 14.2. The second-order valence-corrected chi connectivity index (χ2v) is 10.4. The lowest BCUT2D eigenvalue weighted by Gasteiger charge is -2.25. The van der Waals surface area contributed by atoms with Gasteiger partial charge in [-0.05, 0) is 54.9 Å². The van der Waals surface area contributed by atoms with Crippen molar-refractivity contribution in [1.29, 1.82) is 0 Å². The van der Waals surface area contributed by atoms with Crippen LogP contribution in [0.1, 0.15) is 45.1 Å². The molecule has 13 heteroatoms. The quantitative estimate of drug-likeness (QED) is 0.137. The van der Waals surface area contributed by atoms with Gasteiger partial charge in [0.1, 0.15) is 23.9 Å². The number of hydrogen-bond donors (Lipinski definition) is 7. The number of carboxylic acids is 1. The van der Waals surface area contributed by atoms with Gasteiger partial charge in [0.2, 0.25) is 23.6 Å². The number of primary amides is 1. The van der Waals surface area contributed by atoms with Gasteiger partial charge in [0.05, 0.1) is 6.04 Å². The number of carbonyl (C=O) groups is 5. The van der Waals surface area contributed by atoms with Gasteiger partial charge in [-0.2, -0.15) is 11.8 Å². The highest BCUT2D eigenvalue weighted by atomic mass is 32.2. The van der Waals surface area contributed by atoms with Gasteiger partial charge in [-0.15, -0.1) is 0 Å². The first-order valence-electron chi connectivity index (χ1n) is 12.3. The van der Waals surface area contributed by atoms with Crippen LogP contribution in [0.25, 0.3) is 0 Å². The maximum absolute atomic E-state index is 13.3. The zero-order valence-electron chi connectivity index (χ0n) is 21.9. The van der Waals surface area contributed by atoms with Crippen LogP contribution in [0.3, 0.4) is 0 Å². The third-order valence-electron chi connectivity index (χ3n) is 5.61. The number of thioether (sulfide) groups is 1. The Morgan fingerprint density at radius 2 is 1.45 bits per heavy atom. The number of amides is 4. The Morgan fingerprint density at radius 1 is 0.895 bits per heavy atom. The lowest BCUT2D eigenvalue weighted by Crippen LogP contribution is -2.57. The Bertz CT molecular complexity index is 958. The van der Waals surface area contributed by atoms with E-state index in [0.29, 0.717) is 17.7 Å². The first kappa shape index (κ1) is 32.7. The Labute approximate surface area is 226 Å². The minimum absolute atomic E-state index is 0.0162. The zero-order chi connectivity index (χ0) is 28.8. The first-order chi connectivity index (χ1) is 17.8. The highest BCUT2D eigenvalue weighted by molar-refractivity contribution is 7.98. The summed E-state index contributed by atoms with van der Waals surface area (Å²) in [4.78, 5) is 62.0. The average Bonchev–Trinajstić information content (AvgIpc) is 2.84. The van der Waals surface area contributed by atoms with Gasteiger partial charge < -0.3 is 37.6 Å². The molecule has 1 aromatic carbocycles. The smallest absolute Gasteiger partial charge is 0.326 e. The van der Waals surface area contributed by atoms with Gasteiger partial charge in [0, 0.05) is 12.8 Å². The SMILES string of the molecule is CSCCC(N)C(=O)NC(Cc1ccc(O)cc1)C(=O)NC(CCC(N)=O)C(=O)NC(CC(C)C)C(=O)O. The number of carboxylic acid groups (broad SMARTS) is 1. The van der Waals surface area contributed by atoms with Crippen LogP contribution in [0.15, 0.2) is 24.3 Å². The van der Waals surface area contributed by atoms with Crippen molar-refractivity contribution in [3.05, 3.63) is 29.8 Å². The minimum Gasteiger partial charge on any atom is -0.508 e. The summed E-state index contributed by atoms with van der Waals surface area (Å²) in [6.07, 6.45) is 2.02. The van der Waals surface area contributed by atoms with Gasteiger partial charge in [0.25, 0.3) is 0 Å². The second-order valence-electron chi connectivity index (χ2n) is 9.41. The van der Waals surface area contributed by atoms with Crippen molar-refractivity contribution in [3.63, 3.8) is 0 Å². The molecular formula is C25H39N5O7S. The molecule has 4 amide bonds. The average molecular weight is 554 g/mol. The van der Waals surface area contributed by atoms with E-state index < -0.39 is 53.8 Å². The summed E-state index contributed by atoms with van der Waals surface area (Å²) < 4.78 is 0. The van der Waals surface area contributed by atoms with Crippen molar-refractivity contribution in [2.45, 2.75) is 70.1 Å². The van der Waals surface area contributed by atoms with Crippen molar-refractivity contribution < 1.29 is 34.2 Å². The van der Waals surface area contributed by atoms with Crippen LogP contribution in [0.2, 0.25) is 0 Å². The normalized spacial score (nSPS) is 14.1. The van der Waals surface area contributed by atoms with Crippen LogP contribution in [0.5, 0.6) is 5.75 Å². The molecule has 0 aliphatic heterocycles. The Balaban J connectivity index is 3.15. The number of phenolic OH excluding ortho intramolecular Hbond substituents is 1. The van der Waals surface area contributed by atoms with Crippen LogP contribution in [-0.2, 0) is 30.4 Å². The van der Waals surface area contributed by atoms with Crippen LogP contribution in [0, 0.1) is 5.92 Å². The number of hydrogen-bond acceptors (Lipinski definition) is 8. The molecule has 0 aliphatic carbocycles. The van der Waals surface area contributed by atoms with Gasteiger partial charge >= 0.3 is 5.97 Å². The molecule has 4 atom stereocenters. The molecule has 0 heterocycles. The summed E-state index contributed by atoms with van der Waals surface area (Å²) in [5.41, 5.74) is 11.8. The summed E-state index contributed by atoms with van der Waals surface area (Å²) in [6, 6.07) is 1.53. The molecule has 212 valence electrons. The van der Waals surface area contributed by atoms with Crippen molar-refractivity contribution in [2.75, 3.05) is 12.0 Å². The Hall–Kier alpha value is -3.32. The van der Waals surface area contributed by atoms with Crippen LogP contribution < -0.4 is 27.4 Å². The van der Waals surface area contributed by atoms with Crippen LogP contribution >= 0.6 is 11.8 Å². The number of carbonyl (C=O) groups excluding carboxylic acids is 4. The molecule has 1 aromatic rings. The molecule has 4 unspecified atom stereocenters. The summed E-state index contributed by atoms with van der Waals surface area (Å²) in [7, 11) is 0. The fraction of sp³-hybridized carbons (Fsp3) is 0.560. The molecule has 0 aromatic heterocycles. The monoisotopic (exact) mass is 553 g/mol. The van der Waals surface area contributed by atoms with E-state index in [2.05, 4.69) is 16.0 Å². The fourth-order valence-corrected chi connectivity index (χ4v) is 4.01. The summed E-state index contributed by atoms with van der Waals surface area (Å²) in [5.74, 6) is -3.39. The van der Waals surface area contributed by atoms with E-state index in [4.69, 9.17) is 11.5 Å². The van der Waals surface area contributed by atoms with E-state index in [1.54, 1.807) is 26.0 Å². The summed E-state index contributed by atoms with van der Waals surface area (Å²) in [5, 5.41) is 26.6. The molecular weight excluding hydrogens is 514 g/mol. The third-order valence-corrected chi connectivity index (χ3v) is 6.26. The molecule has 38 heavy (non-hydrogen) atoms. The number of nitrogens with one attached hydrogen (secondary N) is 3. The molecule has 0 bridgehead atoms. The molecule has 12 nitrogen and oxygen atoms in total. The number of aromatic hydroxyl groups is 1. The van der Waals surface area contributed by atoms with E-state index in [-0.39, 0.29) is 37.4 Å². The lowest BCUT2D eigenvalue weighted by molar-refractivity contribution is -0.143. The van der Waals surface area contributed by atoms with Gasteiger partial charge in [-0.25, -0.2) is 4.79 Å². The molecule has 0 saturated carbocycles. The molecule has 0 fully saturated rings. The summed E-state index contributed by atoms with van der Waals surface area (Å²) in [6.45, 7) is 3.60. The van der Waals surface area contributed by atoms with E-state index in [1.165, 1.54) is 23.9 Å². The third kappa shape index (κ3) is 12.3. The highest BCUT2D eigenvalue weighted by Crippen LogP contribution is 2.13. The number of rotatable bonds is 17. The molecule has 1 rings (SSSR count). The van der Waals surface area contributed by atoms with Crippen molar-refractivity contribution in [2.24, 2.45) is 17.4 Å². The van der Waals surface area contributed by atoms with Gasteiger partial charge in [-0.3, -0.25) is 19.2 Å². The van der Waals surface area contributed by atoms with Crippen molar-refractivity contribution in [1.82, 2.24) is 16.0 Å². The maximum Gasteiger partial charge on any atom is 0.326 e. The fourth-order valence-electron chi connectivity index (χ4n) is 3.52. The number of benzene rings is 1. The van der Waals surface area contributed by atoms with Gasteiger partial charge in [-0.1, -0.05) is 26.0 Å². The van der Waals surface area contributed by atoms with Crippen LogP contribution in [0.4, 0.5) is 0 Å². The lowest BCUT2D eigenvalue weighted by atomic mass is 10.0. The summed E-state index contributed by atoms with van der Waals surface area (Å²) >= 11 is 1.52. The van der Waals surface area contributed by atoms with Crippen molar-refractivity contribution >= 4 is 41.4 Å². The van der Waals surface area contributed by atoms with Crippen LogP contribution in [-0.4, -0.2) is 76.0 Å². The predicted molar refractivity (Wildman–Crippen MR) is 144 cm³/mol. The topological polar surface area (TPSA) is 214 Å². The number of aliphatic carboxylic acids is 1. The number of nitrogens with two attached hydrogens (primary N) is 2. The first-order valence-corrected chi connectivity index (χ1v) is 13.7. The molecule has 0 spiro atoms. The number of phenols is 1. The minimum atomic E-state index is -1.28. The standard InChI is InChI=1S/C25H39N5O7S/c1-14(2)12-20(25(36)37)30-23(34)18(8-9-21(27)32)28-24(35)19(13-15-4-6-16(31)7-5-15)29-22(33)17(26)10-11-38-3/h4-7,14,17-20,31H,8-13,26H2,1-3H3,(H2,27,32)(H,28,35)(H,29,33)(H,30,34)(H,36,37). The maximum atomic E-state index is 13.3. The molecule has 0 aliphatic rings. The van der Waals surface area contributed by atoms with E-state index in [1.807, 2.05) is 6.26 Å². The van der Waals surface area contributed by atoms with E-state index in [9.17, 15) is 34.2 Å². The second kappa shape index (κ2) is 16.5. The predicted octanol–water partition coefficient (Wildman–Crippen LogP) is -0.134.